The molecule has 2 saturated carbocycles. The minimum Gasteiger partial charge on any atom is -0.462 e. The van der Waals surface area contributed by atoms with Gasteiger partial charge in [-0.25, -0.2) is 0 Å². The van der Waals surface area contributed by atoms with Crippen molar-refractivity contribution in [3.63, 3.8) is 0 Å². The molecule has 25 heavy (non-hydrogen) atoms. The van der Waals surface area contributed by atoms with E-state index in [1.54, 1.807) is 0 Å². The van der Waals surface area contributed by atoms with Gasteiger partial charge in [0.05, 0.1) is 5.92 Å². The minimum atomic E-state index is -0.170. The molecule has 1 saturated heterocycles. The monoisotopic (exact) mass is 349 g/mol. The Balaban J connectivity index is 1.47. The highest BCUT2D eigenvalue weighted by Crippen LogP contribution is 2.41. The SMILES string of the molecule is CC1CCC(C2CCC(OC(=O)C3CC(C)(C)NC3(C)C)CC2)CC1. The zero-order valence-electron chi connectivity index (χ0n) is 17.1. The van der Waals surface area contributed by atoms with Crippen molar-refractivity contribution in [2.45, 2.75) is 110 Å². The lowest BCUT2D eigenvalue weighted by molar-refractivity contribution is -0.157. The van der Waals surface area contributed by atoms with Crippen molar-refractivity contribution in [3.05, 3.63) is 0 Å². The molecule has 3 rings (SSSR count). The van der Waals surface area contributed by atoms with Crippen molar-refractivity contribution in [2.24, 2.45) is 23.7 Å². The van der Waals surface area contributed by atoms with Gasteiger partial charge < -0.3 is 10.1 Å². The molecule has 0 amide bonds. The van der Waals surface area contributed by atoms with Gasteiger partial charge in [0.15, 0.2) is 0 Å². The van der Waals surface area contributed by atoms with E-state index in [-0.39, 0.29) is 29.1 Å². The van der Waals surface area contributed by atoms with Crippen LogP contribution in [0.25, 0.3) is 0 Å². The van der Waals surface area contributed by atoms with Gasteiger partial charge in [-0.05, 0) is 90.4 Å². The van der Waals surface area contributed by atoms with Crippen LogP contribution in [0.15, 0.2) is 0 Å². The van der Waals surface area contributed by atoms with Gasteiger partial charge in [0, 0.05) is 11.1 Å². The minimum absolute atomic E-state index is 0.0168. The summed E-state index contributed by atoms with van der Waals surface area (Å²) in [5, 5.41) is 3.59. The molecule has 3 fully saturated rings. The van der Waals surface area contributed by atoms with E-state index in [9.17, 15) is 4.79 Å². The van der Waals surface area contributed by atoms with E-state index >= 15 is 0 Å². The van der Waals surface area contributed by atoms with Gasteiger partial charge in [-0.1, -0.05) is 19.8 Å². The van der Waals surface area contributed by atoms with E-state index < -0.39 is 0 Å². The van der Waals surface area contributed by atoms with Gasteiger partial charge in [-0.15, -0.1) is 0 Å². The average Bonchev–Trinajstić information content (AvgIpc) is 2.76. The van der Waals surface area contributed by atoms with E-state index in [0.29, 0.717) is 0 Å². The first-order valence-electron chi connectivity index (χ1n) is 10.7. The molecule has 2 aliphatic carbocycles. The molecule has 0 radical (unpaired) electrons. The Labute approximate surface area is 154 Å². The smallest absolute Gasteiger partial charge is 0.311 e. The molecule has 3 heteroatoms. The molecule has 0 aromatic rings. The average molecular weight is 350 g/mol. The maximum atomic E-state index is 12.8. The molecule has 1 atom stereocenters. The van der Waals surface area contributed by atoms with Crippen molar-refractivity contribution in [1.82, 2.24) is 5.32 Å². The Kier molecular flexibility index (Phi) is 5.54. The van der Waals surface area contributed by atoms with Crippen LogP contribution in [0.5, 0.6) is 0 Å². The van der Waals surface area contributed by atoms with Gasteiger partial charge >= 0.3 is 5.97 Å². The first kappa shape index (κ1) is 19.2. The quantitative estimate of drug-likeness (QED) is 0.722. The molecule has 0 bridgehead atoms. The van der Waals surface area contributed by atoms with Crippen LogP contribution in [0.4, 0.5) is 0 Å². The molecule has 0 aromatic carbocycles. The zero-order valence-corrected chi connectivity index (χ0v) is 17.1. The third-order valence-electron chi connectivity index (χ3n) is 7.26. The predicted molar refractivity (Wildman–Crippen MR) is 102 cm³/mol. The first-order valence-corrected chi connectivity index (χ1v) is 10.7. The Bertz CT molecular complexity index is 468. The summed E-state index contributed by atoms with van der Waals surface area (Å²) >= 11 is 0. The summed E-state index contributed by atoms with van der Waals surface area (Å²) in [6.45, 7) is 11.0. The third kappa shape index (κ3) is 4.59. The summed E-state index contributed by atoms with van der Waals surface area (Å²) in [5.41, 5.74) is -0.153. The largest absolute Gasteiger partial charge is 0.462 e. The number of esters is 1. The van der Waals surface area contributed by atoms with Gasteiger partial charge in [0.1, 0.15) is 6.10 Å². The Morgan fingerprint density at radius 3 is 1.88 bits per heavy atom. The fraction of sp³-hybridized carbons (Fsp3) is 0.955. The highest BCUT2D eigenvalue weighted by Gasteiger charge is 2.49. The van der Waals surface area contributed by atoms with Crippen LogP contribution >= 0.6 is 0 Å². The lowest BCUT2D eigenvalue weighted by atomic mass is 9.71. The Hall–Kier alpha value is -0.570. The summed E-state index contributed by atoms with van der Waals surface area (Å²) < 4.78 is 5.98. The number of carbonyl (C=O) groups excluding carboxylic acids is 1. The van der Waals surface area contributed by atoms with Gasteiger partial charge in [-0.2, -0.15) is 0 Å². The number of hydrogen-bond acceptors (Lipinski definition) is 3. The van der Waals surface area contributed by atoms with Crippen molar-refractivity contribution in [2.75, 3.05) is 0 Å². The number of ether oxygens (including phenoxy) is 1. The maximum Gasteiger partial charge on any atom is 0.311 e. The lowest BCUT2D eigenvalue weighted by Gasteiger charge is -2.37. The van der Waals surface area contributed by atoms with E-state index in [2.05, 4.69) is 39.9 Å². The normalized spacial score (nSPS) is 40.6. The molecule has 1 aliphatic heterocycles. The van der Waals surface area contributed by atoms with Crippen LogP contribution < -0.4 is 5.32 Å². The Morgan fingerprint density at radius 1 is 0.880 bits per heavy atom. The summed E-state index contributed by atoms with van der Waals surface area (Å²) in [4.78, 5) is 12.8. The highest BCUT2D eigenvalue weighted by atomic mass is 16.5. The fourth-order valence-electron chi connectivity index (χ4n) is 5.84. The highest BCUT2D eigenvalue weighted by molar-refractivity contribution is 5.75. The second kappa shape index (κ2) is 7.21. The van der Waals surface area contributed by atoms with E-state index in [1.165, 1.54) is 38.5 Å². The van der Waals surface area contributed by atoms with Crippen LogP contribution in [0.3, 0.4) is 0 Å². The lowest BCUT2D eigenvalue weighted by Crippen LogP contribution is -2.47. The van der Waals surface area contributed by atoms with Gasteiger partial charge in [0.25, 0.3) is 0 Å². The topological polar surface area (TPSA) is 38.3 Å². The Morgan fingerprint density at radius 2 is 1.40 bits per heavy atom. The van der Waals surface area contributed by atoms with E-state index in [1.807, 2.05) is 0 Å². The van der Waals surface area contributed by atoms with Crippen molar-refractivity contribution in [3.8, 4) is 0 Å². The first-order chi connectivity index (χ1) is 11.7. The molecule has 0 spiro atoms. The third-order valence-corrected chi connectivity index (χ3v) is 7.26. The number of rotatable bonds is 3. The standard InChI is InChI=1S/C22H39NO2/c1-15-6-8-16(9-7-15)17-10-12-18(13-11-17)25-20(24)19-14-21(2,3)23-22(19,4)5/h15-19,23H,6-14H2,1-5H3. The van der Waals surface area contributed by atoms with E-state index in [4.69, 9.17) is 4.74 Å². The number of carbonyl (C=O) groups is 1. The summed E-state index contributed by atoms with van der Waals surface area (Å²) in [6, 6.07) is 0. The molecule has 0 aromatic heterocycles. The summed E-state index contributed by atoms with van der Waals surface area (Å²) in [5.74, 6) is 2.75. The molecular formula is C22H39NO2. The summed E-state index contributed by atoms with van der Waals surface area (Å²) in [7, 11) is 0. The second-order valence-corrected chi connectivity index (χ2v) is 10.5. The molecule has 1 N–H and O–H groups in total. The molecule has 3 nitrogen and oxygen atoms in total. The molecule has 1 heterocycles. The zero-order chi connectivity index (χ0) is 18.2. The number of nitrogens with one attached hydrogen (secondary N) is 1. The van der Waals surface area contributed by atoms with Crippen molar-refractivity contribution < 1.29 is 9.53 Å². The summed E-state index contributed by atoms with van der Waals surface area (Å²) in [6.07, 6.45) is 11.4. The van der Waals surface area contributed by atoms with Crippen LogP contribution in [-0.4, -0.2) is 23.2 Å². The predicted octanol–water partition coefficient (Wildman–Crippen LogP) is 5.08. The second-order valence-electron chi connectivity index (χ2n) is 10.5. The molecular weight excluding hydrogens is 310 g/mol. The fourth-order valence-corrected chi connectivity index (χ4v) is 5.84. The number of hydrogen-bond donors (Lipinski definition) is 1. The molecule has 3 aliphatic rings. The van der Waals surface area contributed by atoms with E-state index in [0.717, 1.165) is 37.0 Å². The van der Waals surface area contributed by atoms with Crippen LogP contribution in [0.1, 0.15) is 92.4 Å². The van der Waals surface area contributed by atoms with Gasteiger partial charge in [-0.3, -0.25) is 4.79 Å². The maximum absolute atomic E-state index is 12.8. The van der Waals surface area contributed by atoms with Crippen molar-refractivity contribution >= 4 is 5.97 Å². The van der Waals surface area contributed by atoms with Crippen molar-refractivity contribution in [1.29, 1.82) is 0 Å². The van der Waals surface area contributed by atoms with Crippen LogP contribution in [0.2, 0.25) is 0 Å². The van der Waals surface area contributed by atoms with Crippen LogP contribution in [0, 0.1) is 23.7 Å². The van der Waals surface area contributed by atoms with Gasteiger partial charge in [0.2, 0.25) is 0 Å². The molecule has 1 unspecified atom stereocenters. The molecule has 144 valence electrons. The van der Waals surface area contributed by atoms with Crippen LogP contribution in [-0.2, 0) is 9.53 Å².